The van der Waals surface area contributed by atoms with Gasteiger partial charge >= 0.3 is 0 Å². The van der Waals surface area contributed by atoms with Gasteiger partial charge in [-0.05, 0) is 25.0 Å². The van der Waals surface area contributed by atoms with Gasteiger partial charge in [0.25, 0.3) is 0 Å². The second-order valence-corrected chi connectivity index (χ2v) is 7.36. The molecule has 1 aliphatic rings. The molecule has 1 aromatic carbocycles. The van der Waals surface area contributed by atoms with Gasteiger partial charge in [-0.25, -0.2) is 0 Å². The van der Waals surface area contributed by atoms with Crippen molar-refractivity contribution in [3.05, 3.63) is 17.7 Å². The molecule has 112 valence electrons. The Balaban J connectivity index is 2.49. The zero-order valence-electron chi connectivity index (χ0n) is 12.9. The molecule has 4 heteroatoms. The Labute approximate surface area is 126 Å². The van der Waals surface area contributed by atoms with E-state index in [1.165, 1.54) is 11.3 Å². The summed E-state index contributed by atoms with van der Waals surface area (Å²) in [6.45, 7) is 5.02. The van der Waals surface area contributed by atoms with Gasteiger partial charge in [0.2, 0.25) is 0 Å². The molecular weight excluding hydrogens is 270 g/mol. The molecule has 0 heterocycles. The highest BCUT2D eigenvalue weighted by Gasteiger charge is 2.42. The van der Waals surface area contributed by atoms with Crippen LogP contribution in [-0.2, 0) is 5.41 Å². The van der Waals surface area contributed by atoms with E-state index in [4.69, 9.17) is 15.2 Å². The Morgan fingerprint density at radius 1 is 1.20 bits per heavy atom. The maximum absolute atomic E-state index is 6.05. The van der Waals surface area contributed by atoms with Crippen molar-refractivity contribution in [3.8, 4) is 11.5 Å². The van der Waals surface area contributed by atoms with Gasteiger partial charge in [0.15, 0.2) is 0 Å². The van der Waals surface area contributed by atoms with Crippen LogP contribution in [0.1, 0.15) is 38.7 Å². The SMILES string of the molecule is COc1cc(SC(C)C)cc(OC)c1C1(CN)CCC1. The van der Waals surface area contributed by atoms with Crippen LogP contribution < -0.4 is 15.2 Å². The van der Waals surface area contributed by atoms with Crippen molar-refractivity contribution in [3.63, 3.8) is 0 Å². The number of hydrogen-bond acceptors (Lipinski definition) is 4. The monoisotopic (exact) mass is 295 g/mol. The van der Waals surface area contributed by atoms with E-state index in [1.807, 2.05) is 11.8 Å². The van der Waals surface area contributed by atoms with Gasteiger partial charge in [-0.3, -0.25) is 0 Å². The number of thioether (sulfide) groups is 1. The van der Waals surface area contributed by atoms with Crippen molar-refractivity contribution >= 4 is 11.8 Å². The van der Waals surface area contributed by atoms with E-state index >= 15 is 0 Å². The fourth-order valence-electron chi connectivity index (χ4n) is 2.91. The Hall–Kier alpha value is -0.870. The smallest absolute Gasteiger partial charge is 0.127 e. The fourth-order valence-corrected chi connectivity index (χ4v) is 3.80. The second-order valence-electron chi connectivity index (χ2n) is 5.71. The van der Waals surface area contributed by atoms with E-state index < -0.39 is 0 Å². The standard InChI is InChI=1S/C16H25NO2S/c1-11(2)20-12-8-13(18-3)15(14(9-12)19-4)16(10-17)6-5-7-16/h8-9,11H,5-7,10,17H2,1-4H3. The predicted octanol–water partition coefficient (Wildman–Crippen LogP) is 3.58. The van der Waals surface area contributed by atoms with Crippen LogP contribution >= 0.6 is 11.8 Å². The molecule has 1 saturated carbocycles. The summed E-state index contributed by atoms with van der Waals surface area (Å²) in [5, 5.41) is 0.530. The first-order valence-corrected chi connectivity index (χ1v) is 8.07. The van der Waals surface area contributed by atoms with Crippen molar-refractivity contribution in [1.29, 1.82) is 0 Å². The molecule has 0 unspecified atom stereocenters. The highest BCUT2D eigenvalue weighted by Crippen LogP contribution is 2.51. The first kappa shape index (κ1) is 15.5. The molecule has 3 nitrogen and oxygen atoms in total. The van der Waals surface area contributed by atoms with Crippen LogP contribution in [0.15, 0.2) is 17.0 Å². The van der Waals surface area contributed by atoms with Crippen molar-refractivity contribution in [2.45, 2.75) is 48.7 Å². The van der Waals surface area contributed by atoms with Gasteiger partial charge in [0, 0.05) is 27.7 Å². The molecule has 0 aromatic heterocycles. The molecule has 0 atom stereocenters. The third-order valence-corrected chi connectivity index (χ3v) is 5.06. The molecular formula is C16H25NO2S. The highest BCUT2D eigenvalue weighted by molar-refractivity contribution is 7.99. The maximum Gasteiger partial charge on any atom is 0.127 e. The largest absolute Gasteiger partial charge is 0.496 e. The summed E-state index contributed by atoms with van der Waals surface area (Å²) >= 11 is 1.82. The molecule has 0 aliphatic heterocycles. The Bertz CT molecular complexity index is 439. The lowest BCUT2D eigenvalue weighted by Crippen LogP contribution is -2.42. The minimum atomic E-state index is 0.0394. The molecule has 2 rings (SSSR count). The van der Waals surface area contributed by atoms with Crippen LogP contribution in [-0.4, -0.2) is 26.0 Å². The molecule has 0 spiro atoms. The molecule has 0 radical (unpaired) electrons. The molecule has 20 heavy (non-hydrogen) atoms. The van der Waals surface area contributed by atoms with E-state index in [0.717, 1.165) is 29.9 Å². The quantitative estimate of drug-likeness (QED) is 0.815. The van der Waals surface area contributed by atoms with E-state index in [2.05, 4.69) is 26.0 Å². The Kier molecular flexibility index (Phi) is 4.86. The van der Waals surface area contributed by atoms with Gasteiger partial charge in [0.1, 0.15) is 11.5 Å². The first-order chi connectivity index (χ1) is 9.56. The number of benzene rings is 1. The van der Waals surface area contributed by atoms with Gasteiger partial charge < -0.3 is 15.2 Å². The summed E-state index contributed by atoms with van der Waals surface area (Å²) in [6, 6.07) is 4.25. The summed E-state index contributed by atoms with van der Waals surface area (Å²) in [4.78, 5) is 1.18. The van der Waals surface area contributed by atoms with Crippen molar-refractivity contribution in [1.82, 2.24) is 0 Å². The minimum absolute atomic E-state index is 0.0394. The van der Waals surface area contributed by atoms with Crippen LogP contribution in [0.3, 0.4) is 0 Å². The lowest BCUT2D eigenvalue weighted by atomic mass is 9.64. The molecule has 2 N–H and O–H groups in total. The molecule has 0 saturated heterocycles. The molecule has 1 aromatic rings. The van der Waals surface area contributed by atoms with E-state index in [0.29, 0.717) is 11.8 Å². The lowest BCUT2D eigenvalue weighted by Gasteiger charge is -2.42. The number of rotatable bonds is 6. The topological polar surface area (TPSA) is 44.5 Å². The summed E-state index contributed by atoms with van der Waals surface area (Å²) in [7, 11) is 3.45. The first-order valence-electron chi connectivity index (χ1n) is 7.19. The lowest BCUT2D eigenvalue weighted by molar-refractivity contribution is 0.233. The van der Waals surface area contributed by atoms with Crippen LogP contribution in [0.25, 0.3) is 0 Å². The average molecular weight is 295 g/mol. The third-order valence-electron chi connectivity index (χ3n) is 4.08. The van der Waals surface area contributed by atoms with Crippen LogP contribution in [0.2, 0.25) is 0 Å². The van der Waals surface area contributed by atoms with Crippen molar-refractivity contribution < 1.29 is 9.47 Å². The third kappa shape index (κ3) is 2.77. The summed E-state index contributed by atoms with van der Waals surface area (Å²) in [6.07, 6.45) is 3.46. The van der Waals surface area contributed by atoms with Gasteiger partial charge in [0.05, 0.1) is 14.2 Å². The van der Waals surface area contributed by atoms with Crippen LogP contribution in [0.5, 0.6) is 11.5 Å². The van der Waals surface area contributed by atoms with Crippen molar-refractivity contribution in [2.75, 3.05) is 20.8 Å². The van der Waals surface area contributed by atoms with E-state index in [1.54, 1.807) is 14.2 Å². The molecule has 0 amide bonds. The minimum Gasteiger partial charge on any atom is -0.496 e. The zero-order chi connectivity index (χ0) is 14.8. The van der Waals surface area contributed by atoms with Gasteiger partial charge in [-0.1, -0.05) is 20.3 Å². The predicted molar refractivity (Wildman–Crippen MR) is 85.1 cm³/mol. The second kappa shape index (κ2) is 6.27. The molecule has 0 bridgehead atoms. The highest BCUT2D eigenvalue weighted by atomic mass is 32.2. The van der Waals surface area contributed by atoms with Crippen LogP contribution in [0, 0.1) is 0 Å². The van der Waals surface area contributed by atoms with Crippen molar-refractivity contribution in [2.24, 2.45) is 5.73 Å². The normalized spacial score (nSPS) is 16.9. The Morgan fingerprint density at radius 3 is 2.05 bits per heavy atom. The number of methoxy groups -OCH3 is 2. The number of ether oxygens (including phenoxy) is 2. The van der Waals surface area contributed by atoms with E-state index in [9.17, 15) is 0 Å². The molecule has 1 fully saturated rings. The fraction of sp³-hybridized carbons (Fsp3) is 0.625. The summed E-state index contributed by atoms with van der Waals surface area (Å²) < 4.78 is 11.3. The number of hydrogen-bond donors (Lipinski definition) is 1. The summed E-state index contributed by atoms with van der Waals surface area (Å²) in [5.74, 6) is 1.83. The van der Waals surface area contributed by atoms with Crippen LogP contribution in [0.4, 0.5) is 0 Å². The van der Waals surface area contributed by atoms with E-state index in [-0.39, 0.29) is 5.41 Å². The maximum atomic E-state index is 6.05. The zero-order valence-corrected chi connectivity index (χ0v) is 13.7. The number of nitrogens with two attached hydrogens (primary N) is 1. The van der Waals surface area contributed by atoms with Gasteiger partial charge in [-0.2, -0.15) is 0 Å². The Morgan fingerprint density at radius 2 is 1.75 bits per heavy atom. The van der Waals surface area contributed by atoms with Gasteiger partial charge in [-0.15, -0.1) is 11.8 Å². The summed E-state index contributed by atoms with van der Waals surface area (Å²) in [5.41, 5.74) is 7.25. The average Bonchev–Trinajstić information content (AvgIpc) is 2.38. The molecule has 1 aliphatic carbocycles.